The van der Waals surface area contributed by atoms with E-state index >= 15 is 0 Å². The highest BCUT2D eigenvalue weighted by Crippen LogP contribution is 2.12. The molecule has 0 radical (unpaired) electrons. The van der Waals surface area contributed by atoms with Gasteiger partial charge in [0, 0.05) is 14.0 Å². The van der Waals surface area contributed by atoms with Gasteiger partial charge in [-0.25, -0.2) is 0 Å². The molecule has 204 valence electrons. The van der Waals surface area contributed by atoms with Crippen molar-refractivity contribution in [3.63, 3.8) is 0 Å². The van der Waals surface area contributed by atoms with Gasteiger partial charge in [0.05, 0.1) is 6.61 Å². The monoisotopic (exact) mass is 508 g/mol. The van der Waals surface area contributed by atoms with Gasteiger partial charge in [-0.1, -0.05) is 145 Å². The highest BCUT2D eigenvalue weighted by molar-refractivity contribution is 5.82. The van der Waals surface area contributed by atoms with Crippen molar-refractivity contribution in [3.8, 4) is 0 Å². The van der Waals surface area contributed by atoms with Crippen LogP contribution in [-0.4, -0.2) is 37.5 Å². The summed E-state index contributed by atoms with van der Waals surface area (Å²) in [6.45, 7) is 13.7. The molecule has 37 heavy (non-hydrogen) atoms. The summed E-state index contributed by atoms with van der Waals surface area (Å²) < 4.78 is 9.08. The minimum atomic E-state index is -0.714. The van der Waals surface area contributed by atoms with E-state index in [-0.39, 0.29) is 13.2 Å². The number of rotatable bonds is 4. The third-order valence-electron chi connectivity index (χ3n) is 4.16. The number of hydrogen-bond donors (Lipinski definition) is 1. The molecule has 0 amide bonds. The van der Waals surface area contributed by atoms with Gasteiger partial charge in [-0.3, -0.25) is 4.79 Å². The van der Waals surface area contributed by atoms with E-state index in [1.165, 1.54) is 42.0 Å². The van der Waals surface area contributed by atoms with Gasteiger partial charge in [0.15, 0.2) is 0 Å². The second kappa shape index (κ2) is 25.9. The summed E-state index contributed by atoms with van der Waals surface area (Å²) in [5.41, 5.74) is 0. The third kappa shape index (κ3) is 18.7. The number of carbonyl (C=O) groups excluding carboxylic acids is 1. The van der Waals surface area contributed by atoms with Gasteiger partial charge in [-0.15, -0.1) is 0 Å². The van der Waals surface area contributed by atoms with Crippen molar-refractivity contribution < 1.29 is 19.4 Å². The molecule has 0 saturated heterocycles. The molecule has 1 atom stereocenters. The second-order valence-corrected chi connectivity index (χ2v) is 7.31. The lowest BCUT2D eigenvalue weighted by Gasteiger charge is -2.07. The molecule has 1 unspecified atom stereocenters. The van der Waals surface area contributed by atoms with Crippen LogP contribution in [0.25, 0.3) is 21.5 Å². The molecular formula is C33H48O4. The average molecular weight is 509 g/mol. The lowest BCUT2D eigenvalue weighted by atomic mass is 10.1. The third-order valence-corrected chi connectivity index (χ3v) is 4.16. The fourth-order valence-electron chi connectivity index (χ4n) is 2.72. The van der Waals surface area contributed by atoms with Crippen molar-refractivity contribution in [2.24, 2.45) is 0 Å². The molecule has 4 aromatic carbocycles. The fourth-order valence-corrected chi connectivity index (χ4v) is 2.72. The Morgan fingerprint density at radius 2 is 0.892 bits per heavy atom. The minimum Gasteiger partial charge on any atom is -0.463 e. The first kappa shape index (κ1) is 35.9. The average Bonchev–Trinajstić information content (AvgIpc) is 2.95. The molecule has 0 fully saturated rings. The molecule has 4 nitrogen and oxygen atoms in total. The molecule has 0 aromatic heterocycles. The predicted octanol–water partition coefficient (Wildman–Crippen LogP) is 8.71. The van der Waals surface area contributed by atoms with Crippen LogP contribution in [0.4, 0.5) is 0 Å². The molecule has 4 aromatic rings. The first-order valence-electron chi connectivity index (χ1n) is 13.2. The van der Waals surface area contributed by atoms with Crippen molar-refractivity contribution in [1.82, 2.24) is 0 Å². The maximum atomic E-state index is 10.2. The maximum absolute atomic E-state index is 10.2. The van der Waals surface area contributed by atoms with E-state index < -0.39 is 12.1 Å². The van der Waals surface area contributed by atoms with Gasteiger partial charge in [-0.2, -0.15) is 0 Å². The van der Waals surface area contributed by atoms with Crippen LogP contribution < -0.4 is 0 Å². The highest BCUT2D eigenvalue weighted by atomic mass is 16.5. The first-order valence-corrected chi connectivity index (χ1v) is 13.2. The van der Waals surface area contributed by atoms with Crippen LogP contribution >= 0.6 is 0 Å². The molecule has 1 N–H and O–H groups in total. The molecule has 0 spiro atoms. The first-order chi connectivity index (χ1) is 18.0. The van der Waals surface area contributed by atoms with Crippen LogP contribution in [0.1, 0.15) is 54.9 Å². The van der Waals surface area contributed by atoms with Crippen LogP contribution in [0.3, 0.4) is 0 Å². The molecule has 0 heterocycles. The van der Waals surface area contributed by atoms with Crippen LogP contribution in [0.15, 0.2) is 97.1 Å². The normalized spacial score (nSPS) is 9.65. The Balaban J connectivity index is 0. The zero-order chi connectivity index (χ0) is 28.3. The van der Waals surface area contributed by atoms with E-state index in [2.05, 4.69) is 120 Å². The quantitative estimate of drug-likeness (QED) is 0.280. The molecule has 0 saturated carbocycles. The Morgan fingerprint density at radius 3 is 1.08 bits per heavy atom. The number of aliphatic hydroxyl groups is 1. The summed E-state index contributed by atoms with van der Waals surface area (Å²) in [7, 11) is 1.47. The van der Waals surface area contributed by atoms with Crippen LogP contribution in [0.2, 0.25) is 0 Å². The Morgan fingerprint density at radius 1 is 0.649 bits per heavy atom. The Hall–Kier alpha value is -3.21. The van der Waals surface area contributed by atoms with Crippen molar-refractivity contribution in [2.45, 2.75) is 61.0 Å². The number of methoxy groups -OCH3 is 1. The van der Waals surface area contributed by atoms with Gasteiger partial charge < -0.3 is 14.6 Å². The Bertz CT molecular complexity index is 844. The standard InChI is InChI=1S/2C10H8.C6H12O4.C3H8.2C2H6/c2*1-2-6-10-8-4-3-7-9(10)5-1;1-5(7)10-4-6(8)3-9-2;1-3-2;2*1-2/h2*1-8H;6,8H,3-4H2,1-2H3;3H2,1-2H3;2*1-2H3. The number of ether oxygens (including phenoxy) is 2. The zero-order valence-electron chi connectivity index (χ0n) is 24.1. The van der Waals surface area contributed by atoms with Crippen molar-refractivity contribution in [2.75, 3.05) is 20.3 Å². The van der Waals surface area contributed by atoms with Crippen LogP contribution in [0, 0.1) is 0 Å². The van der Waals surface area contributed by atoms with Gasteiger partial charge >= 0.3 is 5.97 Å². The van der Waals surface area contributed by atoms with Gasteiger partial charge in [0.2, 0.25) is 0 Å². The van der Waals surface area contributed by atoms with Gasteiger partial charge in [-0.05, 0) is 21.5 Å². The SMILES string of the molecule is CC.CC.CCC.COCC(O)COC(C)=O.c1ccc2ccccc2c1.c1ccc2ccccc2c1. The minimum absolute atomic E-state index is 0.00315. The largest absolute Gasteiger partial charge is 0.463 e. The zero-order valence-corrected chi connectivity index (χ0v) is 24.1. The van der Waals surface area contributed by atoms with Crippen LogP contribution in [0.5, 0.6) is 0 Å². The summed E-state index contributed by atoms with van der Waals surface area (Å²) in [5, 5.41) is 14.1. The molecular weight excluding hydrogens is 460 g/mol. The summed E-state index contributed by atoms with van der Waals surface area (Å²) >= 11 is 0. The highest BCUT2D eigenvalue weighted by Gasteiger charge is 2.03. The summed E-state index contributed by atoms with van der Waals surface area (Å²) in [6.07, 6.45) is 0.536. The van der Waals surface area contributed by atoms with Gasteiger partial charge in [0.25, 0.3) is 0 Å². The molecule has 4 heteroatoms. The molecule has 4 rings (SSSR count). The number of benzene rings is 4. The van der Waals surface area contributed by atoms with E-state index in [0.29, 0.717) is 0 Å². The molecule has 0 bridgehead atoms. The lowest BCUT2D eigenvalue weighted by Crippen LogP contribution is -2.22. The fraction of sp³-hybridized carbons (Fsp3) is 0.364. The van der Waals surface area contributed by atoms with E-state index in [1.54, 1.807) is 0 Å². The molecule has 0 aliphatic rings. The van der Waals surface area contributed by atoms with Crippen LogP contribution in [-0.2, 0) is 14.3 Å². The summed E-state index contributed by atoms with van der Waals surface area (Å²) in [5.74, 6) is -0.393. The van der Waals surface area contributed by atoms with E-state index in [1.807, 2.05) is 27.7 Å². The summed E-state index contributed by atoms with van der Waals surface area (Å²) in [6, 6.07) is 33.4. The molecule has 0 aliphatic heterocycles. The second-order valence-electron chi connectivity index (χ2n) is 7.31. The van der Waals surface area contributed by atoms with E-state index in [0.717, 1.165) is 0 Å². The van der Waals surface area contributed by atoms with Crippen molar-refractivity contribution in [1.29, 1.82) is 0 Å². The molecule has 0 aliphatic carbocycles. The number of esters is 1. The van der Waals surface area contributed by atoms with Crippen molar-refractivity contribution in [3.05, 3.63) is 97.1 Å². The van der Waals surface area contributed by atoms with E-state index in [4.69, 9.17) is 5.11 Å². The number of carbonyl (C=O) groups is 1. The Kier molecular flexibility index (Phi) is 25.1. The smallest absolute Gasteiger partial charge is 0.302 e. The Labute approximate surface area is 225 Å². The van der Waals surface area contributed by atoms with Crippen molar-refractivity contribution >= 4 is 27.5 Å². The number of fused-ring (bicyclic) bond motifs is 2. The predicted molar refractivity (Wildman–Crippen MR) is 161 cm³/mol. The number of aliphatic hydroxyl groups excluding tert-OH is 1. The number of hydrogen-bond acceptors (Lipinski definition) is 4. The lowest BCUT2D eigenvalue weighted by molar-refractivity contribution is -0.144. The summed E-state index contributed by atoms with van der Waals surface area (Å²) in [4.78, 5) is 10.2. The van der Waals surface area contributed by atoms with Gasteiger partial charge in [0.1, 0.15) is 12.7 Å². The topological polar surface area (TPSA) is 55.8 Å². The van der Waals surface area contributed by atoms with E-state index in [9.17, 15) is 4.79 Å². The maximum Gasteiger partial charge on any atom is 0.302 e.